The first kappa shape index (κ1) is 57.5. The minimum absolute atomic E-state index is 0.0874. The molecule has 0 radical (unpaired) electrons. The summed E-state index contributed by atoms with van der Waals surface area (Å²) < 4.78 is 29.8. The van der Waals surface area contributed by atoms with E-state index < -0.39 is 18.0 Å². The first-order valence-electron chi connectivity index (χ1n) is 24.7. The largest absolute Gasteiger partial charge is 0.462 e. The van der Waals surface area contributed by atoms with Gasteiger partial charge in [-0.15, -0.1) is 0 Å². The molecular formula is C52H79Br2ClO9. The SMILES string of the molecule is CCCCCCCCCCCCCCCC(=O)OCC(COC(=O)CCCCCCCCCCCCCCC)OC(=O)CCCC(=O)Oc1cc(Cl)ccc1Oc1ccc(Br)cc1Br. The average Bonchev–Trinajstić information content (AvgIpc) is 3.26. The van der Waals surface area contributed by atoms with Crippen LogP contribution in [-0.2, 0) is 33.4 Å². The van der Waals surface area contributed by atoms with Gasteiger partial charge in [-0.05, 0) is 65.5 Å². The van der Waals surface area contributed by atoms with Gasteiger partial charge >= 0.3 is 23.9 Å². The fraction of sp³-hybridized carbons (Fsp3) is 0.692. The summed E-state index contributed by atoms with van der Waals surface area (Å²) in [6.07, 6.45) is 31.1. The number of benzene rings is 2. The van der Waals surface area contributed by atoms with Crippen molar-refractivity contribution in [3.63, 3.8) is 0 Å². The van der Waals surface area contributed by atoms with E-state index in [9.17, 15) is 19.2 Å². The van der Waals surface area contributed by atoms with Crippen LogP contribution in [0.15, 0.2) is 45.3 Å². The highest BCUT2D eigenvalue weighted by atomic mass is 79.9. The van der Waals surface area contributed by atoms with E-state index in [2.05, 4.69) is 45.7 Å². The average molecular weight is 1040 g/mol. The minimum Gasteiger partial charge on any atom is -0.462 e. The second-order valence-electron chi connectivity index (χ2n) is 17.1. The Labute approximate surface area is 407 Å². The van der Waals surface area contributed by atoms with E-state index in [1.807, 2.05) is 12.1 Å². The standard InChI is InChI=1S/C52H79Br2ClO9/c1-3-5-7-9-11-13-15-17-19-21-23-25-27-30-49(56)60-40-44(41-61-50(57)31-28-26-24-22-20-18-16-14-12-10-8-6-4-2)62-51(58)32-29-33-52(59)64-48-39-43(55)35-37-47(48)63-46-36-34-42(53)38-45(46)54/h34-39,44H,3-33,40-41H2,1-2H3. The fourth-order valence-corrected chi connectivity index (χ4v) is 8.61. The third kappa shape index (κ3) is 30.6. The molecule has 0 aliphatic heterocycles. The highest BCUT2D eigenvalue weighted by Crippen LogP contribution is 2.38. The van der Waals surface area contributed by atoms with Crippen molar-refractivity contribution in [2.24, 2.45) is 0 Å². The van der Waals surface area contributed by atoms with Crippen LogP contribution in [0.2, 0.25) is 5.02 Å². The van der Waals surface area contributed by atoms with Crippen LogP contribution in [0.4, 0.5) is 0 Å². The summed E-state index contributed by atoms with van der Waals surface area (Å²) in [7, 11) is 0. The van der Waals surface area contributed by atoms with E-state index in [1.54, 1.807) is 18.2 Å². The summed E-state index contributed by atoms with van der Waals surface area (Å²) in [5.41, 5.74) is 0. The Hall–Kier alpha value is -2.63. The lowest BCUT2D eigenvalue weighted by Crippen LogP contribution is -2.31. The summed E-state index contributed by atoms with van der Waals surface area (Å²) in [5.74, 6) is -1.01. The number of rotatable bonds is 40. The Morgan fingerprint density at radius 1 is 0.469 bits per heavy atom. The number of carbonyl (C=O) groups excluding carboxylic acids is 4. The maximum absolute atomic E-state index is 13.0. The third-order valence-electron chi connectivity index (χ3n) is 11.1. The molecule has 9 nitrogen and oxygen atoms in total. The molecule has 0 saturated heterocycles. The van der Waals surface area contributed by atoms with Gasteiger partial charge in [0.15, 0.2) is 17.6 Å². The van der Waals surface area contributed by atoms with Crippen molar-refractivity contribution in [2.45, 2.75) is 219 Å². The van der Waals surface area contributed by atoms with Crippen LogP contribution in [0, 0.1) is 0 Å². The van der Waals surface area contributed by atoms with Gasteiger partial charge in [0.05, 0.1) is 4.47 Å². The maximum atomic E-state index is 13.0. The molecule has 0 atom stereocenters. The monoisotopic (exact) mass is 1040 g/mol. The number of unbranched alkanes of at least 4 members (excludes halogenated alkanes) is 24. The molecule has 0 aliphatic rings. The molecule has 0 fully saturated rings. The van der Waals surface area contributed by atoms with E-state index in [4.69, 9.17) is 35.3 Å². The number of ether oxygens (including phenoxy) is 5. The van der Waals surface area contributed by atoms with Gasteiger partial charge in [0, 0.05) is 41.2 Å². The Balaban J connectivity index is 1.77. The summed E-state index contributed by atoms with van der Waals surface area (Å²) in [6, 6.07) is 10.1. The summed E-state index contributed by atoms with van der Waals surface area (Å²) in [6.45, 7) is 4.06. The van der Waals surface area contributed by atoms with Crippen molar-refractivity contribution in [2.75, 3.05) is 13.2 Å². The van der Waals surface area contributed by atoms with Crippen molar-refractivity contribution >= 4 is 67.3 Å². The van der Waals surface area contributed by atoms with Crippen LogP contribution in [0.25, 0.3) is 0 Å². The van der Waals surface area contributed by atoms with Crippen molar-refractivity contribution in [1.29, 1.82) is 0 Å². The zero-order valence-electron chi connectivity index (χ0n) is 39.2. The Morgan fingerprint density at radius 3 is 1.33 bits per heavy atom. The van der Waals surface area contributed by atoms with Gasteiger partial charge in [0.2, 0.25) is 0 Å². The van der Waals surface area contributed by atoms with Gasteiger partial charge in [-0.2, -0.15) is 0 Å². The van der Waals surface area contributed by atoms with Gasteiger partial charge in [-0.25, -0.2) is 0 Å². The Morgan fingerprint density at radius 2 is 0.875 bits per heavy atom. The Bertz CT molecular complexity index is 1530. The van der Waals surface area contributed by atoms with Crippen molar-refractivity contribution in [3.05, 3.63) is 50.4 Å². The highest BCUT2D eigenvalue weighted by molar-refractivity contribution is 9.11. The molecule has 2 aromatic rings. The number of esters is 4. The summed E-state index contributed by atoms with van der Waals surface area (Å²) >= 11 is 13.1. The van der Waals surface area contributed by atoms with Gasteiger partial charge in [0.1, 0.15) is 19.0 Å². The van der Waals surface area contributed by atoms with Gasteiger partial charge in [0.25, 0.3) is 0 Å². The molecule has 0 spiro atoms. The van der Waals surface area contributed by atoms with Gasteiger partial charge < -0.3 is 23.7 Å². The van der Waals surface area contributed by atoms with Gasteiger partial charge in [-0.3, -0.25) is 19.2 Å². The van der Waals surface area contributed by atoms with Crippen molar-refractivity contribution in [3.8, 4) is 17.2 Å². The van der Waals surface area contributed by atoms with Crippen LogP contribution in [0.1, 0.15) is 213 Å². The minimum atomic E-state index is -0.963. The third-order valence-corrected chi connectivity index (χ3v) is 12.5. The fourth-order valence-electron chi connectivity index (χ4n) is 7.32. The summed E-state index contributed by atoms with van der Waals surface area (Å²) in [4.78, 5) is 51.1. The molecule has 0 bridgehead atoms. The van der Waals surface area contributed by atoms with Crippen LogP contribution in [0.3, 0.4) is 0 Å². The van der Waals surface area contributed by atoms with Crippen molar-refractivity contribution < 1.29 is 42.9 Å². The molecule has 362 valence electrons. The lowest BCUT2D eigenvalue weighted by atomic mass is 10.0. The van der Waals surface area contributed by atoms with E-state index >= 15 is 0 Å². The van der Waals surface area contributed by atoms with Gasteiger partial charge in [-0.1, -0.05) is 195 Å². The molecule has 0 aromatic heterocycles. The van der Waals surface area contributed by atoms with E-state index in [0.717, 1.165) is 43.0 Å². The second kappa shape index (κ2) is 38.5. The molecule has 0 N–H and O–H groups in total. The van der Waals surface area contributed by atoms with Crippen molar-refractivity contribution in [1.82, 2.24) is 0 Å². The normalized spacial score (nSPS) is 11.2. The number of carbonyl (C=O) groups is 4. The van der Waals surface area contributed by atoms with Crippen LogP contribution in [0.5, 0.6) is 17.2 Å². The first-order valence-corrected chi connectivity index (χ1v) is 26.7. The molecule has 64 heavy (non-hydrogen) atoms. The molecule has 0 unspecified atom stereocenters. The lowest BCUT2D eigenvalue weighted by Gasteiger charge is -2.18. The van der Waals surface area contributed by atoms with Crippen LogP contribution >= 0.6 is 43.5 Å². The number of halogens is 3. The van der Waals surface area contributed by atoms with Crippen LogP contribution < -0.4 is 9.47 Å². The molecular weight excluding hydrogens is 964 g/mol. The molecule has 12 heteroatoms. The zero-order chi connectivity index (χ0) is 46.5. The lowest BCUT2D eigenvalue weighted by molar-refractivity contribution is -0.167. The number of hydrogen-bond acceptors (Lipinski definition) is 9. The molecule has 2 aromatic carbocycles. The predicted octanol–water partition coefficient (Wildman–Crippen LogP) is 16.7. The predicted molar refractivity (Wildman–Crippen MR) is 265 cm³/mol. The van der Waals surface area contributed by atoms with Crippen LogP contribution in [-0.4, -0.2) is 43.2 Å². The second-order valence-corrected chi connectivity index (χ2v) is 19.3. The topological polar surface area (TPSA) is 114 Å². The molecule has 0 amide bonds. The van der Waals surface area contributed by atoms with E-state index in [0.29, 0.717) is 15.2 Å². The quantitative estimate of drug-likeness (QED) is 0.0278. The summed E-state index contributed by atoms with van der Waals surface area (Å²) in [5, 5.41) is 0.356. The highest BCUT2D eigenvalue weighted by Gasteiger charge is 2.21. The van der Waals surface area contributed by atoms with E-state index in [-0.39, 0.29) is 68.8 Å². The molecule has 0 saturated carbocycles. The smallest absolute Gasteiger partial charge is 0.311 e. The Kier molecular flexibility index (Phi) is 34.6. The molecule has 0 heterocycles. The molecule has 2 rings (SSSR count). The first-order chi connectivity index (χ1) is 31.1. The maximum Gasteiger partial charge on any atom is 0.311 e. The molecule has 0 aliphatic carbocycles. The zero-order valence-corrected chi connectivity index (χ0v) is 43.1. The van der Waals surface area contributed by atoms with E-state index in [1.165, 1.54) is 134 Å². The number of hydrogen-bond donors (Lipinski definition) is 0.